The monoisotopic (exact) mass is 334 g/mol. The van der Waals surface area contributed by atoms with Crippen molar-refractivity contribution in [3.63, 3.8) is 0 Å². The summed E-state index contributed by atoms with van der Waals surface area (Å²) in [6.07, 6.45) is 3.92. The predicted octanol–water partition coefficient (Wildman–Crippen LogP) is 5.06. The summed E-state index contributed by atoms with van der Waals surface area (Å²) >= 11 is 0. The number of aromatic amines is 1. The second-order valence-corrected chi connectivity index (χ2v) is 6.98. The minimum Gasteiger partial charge on any atom is -0.497 e. The van der Waals surface area contributed by atoms with E-state index in [0.717, 1.165) is 18.8 Å². The van der Waals surface area contributed by atoms with Crippen LogP contribution in [0.5, 0.6) is 5.75 Å². The second kappa shape index (κ2) is 6.93. The highest BCUT2D eigenvalue weighted by Gasteiger charge is 2.27. The number of hydrogen-bond acceptors (Lipinski definition) is 2. The lowest BCUT2D eigenvalue weighted by Gasteiger charge is -2.35. The molecule has 130 valence electrons. The molecule has 2 heterocycles. The minimum atomic E-state index is 0.294. The van der Waals surface area contributed by atoms with E-state index in [1.807, 2.05) is 0 Å². The Hall–Kier alpha value is -2.26. The van der Waals surface area contributed by atoms with Crippen LogP contribution in [0.3, 0.4) is 0 Å². The van der Waals surface area contributed by atoms with E-state index in [9.17, 15) is 0 Å². The first-order chi connectivity index (χ1) is 12.3. The molecule has 1 atom stereocenters. The molecule has 0 radical (unpaired) electrons. The lowest BCUT2D eigenvalue weighted by molar-refractivity contribution is 0.187. The summed E-state index contributed by atoms with van der Waals surface area (Å²) in [5, 5.41) is 1.34. The smallest absolute Gasteiger partial charge is 0.118 e. The van der Waals surface area contributed by atoms with E-state index in [0.29, 0.717) is 6.04 Å². The van der Waals surface area contributed by atoms with Crippen molar-refractivity contribution in [1.82, 2.24) is 9.88 Å². The van der Waals surface area contributed by atoms with Crippen LogP contribution in [0.15, 0.2) is 48.5 Å². The van der Waals surface area contributed by atoms with E-state index in [4.69, 9.17) is 4.74 Å². The van der Waals surface area contributed by atoms with Crippen LogP contribution in [0.25, 0.3) is 10.9 Å². The SMILES string of the molecule is COc1ccc([C@@H](c2c(C)[nH]c3ccccc23)N2CCCCC2)cc1. The number of para-hydroxylation sites is 1. The Bertz CT molecular complexity index is 844. The molecule has 1 N–H and O–H groups in total. The van der Waals surface area contributed by atoms with Gasteiger partial charge >= 0.3 is 0 Å². The van der Waals surface area contributed by atoms with Gasteiger partial charge in [-0.3, -0.25) is 4.90 Å². The summed E-state index contributed by atoms with van der Waals surface area (Å²) in [5.41, 5.74) is 5.26. The Balaban J connectivity index is 1.85. The van der Waals surface area contributed by atoms with Crippen LogP contribution in [-0.2, 0) is 0 Å². The molecule has 2 aromatic carbocycles. The van der Waals surface area contributed by atoms with Gasteiger partial charge in [-0.2, -0.15) is 0 Å². The van der Waals surface area contributed by atoms with E-state index in [2.05, 4.69) is 65.3 Å². The fourth-order valence-electron chi connectivity index (χ4n) is 4.17. The number of likely N-dealkylation sites (tertiary alicyclic amines) is 1. The number of nitrogens with zero attached hydrogens (tertiary/aromatic N) is 1. The maximum Gasteiger partial charge on any atom is 0.118 e. The third-order valence-electron chi connectivity index (χ3n) is 5.40. The first kappa shape index (κ1) is 16.2. The third kappa shape index (κ3) is 3.05. The molecule has 0 aliphatic carbocycles. The second-order valence-electron chi connectivity index (χ2n) is 6.98. The topological polar surface area (TPSA) is 28.3 Å². The van der Waals surface area contributed by atoms with Gasteiger partial charge in [-0.05, 0) is 56.6 Å². The Morgan fingerprint density at radius 2 is 1.68 bits per heavy atom. The quantitative estimate of drug-likeness (QED) is 0.722. The van der Waals surface area contributed by atoms with Crippen molar-refractivity contribution in [2.75, 3.05) is 20.2 Å². The van der Waals surface area contributed by atoms with Crippen molar-refractivity contribution in [3.8, 4) is 5.75 Å². The predicted molar refractivity (Wildman–Crippen MR) is 103 cm³/mol. The van der Waals surface area contributed by atoms with E-state index >= 15 is 0 Å². The molecule has 0 unspecified atom stereocenters. The molecular weight excluding hydrogens is 308 g/mol. The molecule has 4 rings (SSSR count). The number of methoxy groups -OCH3 is 1. The summed E-state index contributed by atoms with van der Waals surface area (Å²) < 4.78 is 5.36. The first-order valence-corrected chi connectivity index (χ1v) is 9.23. The van der Waals surface area contributed by atoms with Gasteiger partial charge in [-0.15, -0.1) is 0 Å². The van der Waals surface area contributed by atoms with Crippen molar-refractivity contribution >= 4 is 10.9 Å². The molecule has 1 aromatic heterocycles. The molecule has 0 saturated carbocycles. The summed E-state index contributed by atoms with van der Waals surface area (Å²) in [6, 6.07) is 17.6. The molecule has 0 amide bonds. The van der Waals surface area contributed by atoms with Crippen LogP contribution >= 0.6 is 0 Å². The van der Waals surface area contributed by atoms with E-state index in [1.54, 1.807) is 7.11 Å². The van der Waals surface area contributed by atoms with Gasteiger partial charge in [0.2, 0.25) is 0 Å². The number of fused-ring (bicyclic) bond motifs is 1. The Morgan fingerprint density at radius 3 is 2.40 bits per heavy atom. The lowest BCUT2D eigenvalue weighted by Crippen LogP contribution is -2.34. The average Bonchev–Trinajstić information content (AvgIpc) is 3.00. The average molecular weight is 334 g/mol. The zero-order valence-corrected chi connectivity index (χ0v) is 15.1. The van der Waals surface area contributed by atoms with E-state index in [-0.39, 0.29) is 0 Å². The van der Waals surface area contributed by atoms with Crippen molar-refractivity contribution in [1.29, 1.82) is 0 Å². The molecular formula is C22H26N2O. The molecule has 1 fully saturated rings. The highest BCUT2D eigenvalue weighted by Crippen LogP contribution is 2.37. The fourth-order valence-corrected chi connectivity index (χ4v) is 4.17. The van der Waals surface area contributed by atoms with Gasteiger partial charge in [0.15, 0.2) is 0 Å². The Labute approximate surface area is 149 Å². The molecule has 3 aromatic rings. The maximum absolute atomic E-state index is 5.36. The van der Waals surface area contributed by atoms with Gasteiger partial charge in [0.1, 0.15) is 5.75 Å². The summed E-state index contributed by atoms with van der Waals surface area (Å²) in [5.74, 6) is 0.914. The van der Waals surface area contributed by atoms with Crippen molar-refractivity contribution in [3.05, 3.63) is 65.4 Å². The molecule has 25 heavy (non-hydrogen) atoms. The van der Waals surface area contributed by atoms with Gasteiger partial charge in [-0.1, -0.05) is 36.8 Å². The molecule has 1 aliphatic heterocycles. The van der Waals surface area contributed by atoms with Gasteiger partial charge in [0.05, 0.1) is 13.2 Å². The van der Waals surface area contributed by atoms with Crippen molar-refractivity contribution in [2.45, 2.75) is 32.2 Å². The summed E-state index contributed by atoms with van der Waals surface area (Å²) in [7, 11) is 1.72. The highest BCUT2D eigenvalue weighted by molar-refractivity contribution is 5.85. The number of rotatable bonds is 4. The number of aromatic nitrogens is 1. The number of nitrogens with one attached hydrogen (secondary N) is 1. The van der Waals surface area contributed by atoms with Gasteiger partial charge < -0.3 is 9.72 Å². The van der Waals surface area contributed by atoms with Gasteiger partial charge in [0, 0.05) is 22.2 Å². The number of ether oxygens (including phenoxy) is 1. The van der Waals surface area contributed by atoms with E-state index in [1.165, 1.54) is 47.0 Å². The standard InChI is InChI=1S/C22H26N2O/c1-16-21(19-8-4-5-9-20(19)23-16)22(24-14-6-3-7-15-24)17-10-12-18(25-2)13-11-17/h4-5,8-13,22-23H,3,6-7,14-15H2,1-2H3/t22-/m0/s1. The van der Waals surface area contributed by atoms with Crippen LogP contribution in [0.4, 0.5) is 0 Å². The van der Waals surface area contributed by atoms with Crippen LogP contribution in [0.2, 0.25) is 0 Å². The molecule has 1 saturated heterocycles. The molecule has 3 nitrogen and oxygen atoms in total. The summed E-state index contributed by atoms with van der Waals surface area (Å²) in [6.45, 7) is 4.53. The Morgan fingerprint density at radius 1 is 0.960 bits per heavy atom. The third-order valence-corrected chi connectivity index (χ3v) is 5.40. The minimum absolute atomic E-state index is 0.294. The number of benzene rings is 2. The molecule has 0 bridgehead atoms. The number of H-pyrrole nitrogens is 1. The molecule has 1 aliphatic rings. The van der Waals surface area contributed by atoms with Crippen LogP contribution < -0.4 is 4.74 Å². The fraction of sp³-hybridized carbons (Fsp3) is 0.364. The van der Waals surface area contributed by atoms with E-state index < -0.39 is 0 Å². The summed E-state index contributed by atoms with van der Waals surface area (Å²) in [4.78, 5) is 6.23. The molecule has 3 heteroatoms. The zero-order valence-electron chi connectivity index (χ0n) is 15.1. The Kier molecular flexibility index (Phi) is 4.50. The van der Waals surface area contributed by atoms with Crippen molar-refractivity contribution < 1.29 is 4.74 Å². The van der Waals surface area contributed by atoms with Crippen molar-refractivity contribution in [2.24, 2.45) is 0 Å². The molecule has 0 spiro atoms. The van der Waals surface area contributed by atoms with Gasteiger partial charge in [-0.25, -0.2) is 0 Å². The van der Waals surface area contributed by atoms with Crippen LogP contribution in [0, 0.1) is 6.92 Å². The highest BCUT2D eigenvalue weighted by atomic mass is 16.5. The zero-order chi connectivity index (χ0) is 17.2. The number of aryl methyl sites for hydroxylation is 1. The first-order valence-electron chi connectivity index (χ1n) is 9.23. The van der Waals surface area contributed by atoms with Crippen LogP contribution in [-0.4, -0.2) is 30.1 Å². The number of piperidine rings is 1. The number of hydrogen-bond donors (Lipinski definition) is 1. The lowest BCUT2D eigenvalue weighted by atomic mass is 9.93. The van der Waals surface area contributed by atoms with Crippen LogP contribution in [0.1, 0.15) is 42.1 Å². The normalized spacial score (nSPS) is 16.9. The largest absolute Gasteiger partial charge is 0.497 e. The maximum atomic E-state index is 5.36. The van der Waals surface area contributed by atoms with Gasteiger partial charge in [0.25, 0.3) is 0 Å².